The predicted octanol–water partition coefficient (Wildman–Crippen LogP) is 18.5. The number of hydrogen-bond acceptors (Lipinski definition) is 5. The smallest absolute Gasteiger partial charge is 0.305 e. The van der Waals surface area contributed by atoms with Crippen LogP contribution in [0.4, 0.5) is 0 Å². The Bertz CT molecular complexity index is 1190. The molecule has 0 aromatic rings. The van der Waals surface area contributed by atoms with Gasteiger partial charge in [-0.2, -0.15) is 0 Å². The SMILES string of the molecule is CC/C=C\C/C=C\C/C=C\C/C=C\CCCCC(=O)OC[C@H](COC(=O)CCCCCC/C=C\C/C=C\C/C=C\CCCCC)OCCCCCCCCCCCCCCCCCC. The van der Waals surface area contributed by atoms with Crippen molar-refractivity contribution >= 4 is 11.9 Å². The fourth-order valence-electron chi connectivity index (χ4n) is 7.36. The van der Waals surface area contributed by atoms with Crippen LogP contribution in [0.25, 0.3) is 0 Å². The van der Waals surface area contributed by atoms with Gasteiger partial charge in [0.15, 0.2) is 0 Å². The van der Waals surface area contributed by atoms with Gasteiger partial charge in [0, 0.05) is 19.4 Å². The highest BCUT2D eigenvalue weighted by Gasteiger charge is 2.16. The number of allylic oxidation sites excluding steroid dienone is 14. The average molecular weight is 891 g/mol. The molecule has 368 valence electrons. The van der Waals surface area contributed by atoms with Crippen molar-refractivity contribution in [2.45, 2.75) is 258 Å². The molecule has 0 fully saturated rings. The van der Waals surface area contributed by atoms with E-state index in [0.717, 1.165) is 103 Å². The van der Waals surface area contributed by atoms with Crippen LogP contribution >= 0.6 is 0 Å². The molecule has 0 aliphatic rings. The van der Waals surface area contributed by atoms with Crippen molar-refractivity contribution in [1.82, 2.24) is 0 Å². The molecule has 0 N–H and O–H groups in total. The van der Waals surface area contributed by atoms with Gasteiger partial charge in [0.25, 0.3) is 0 Å². The van der Waals surface area contributed by atoms with E-state index in [1.165, 1.54) is 116 Å². The second-order valence-corrected chi connectivity index (χ2v) is 17.7. The maximum absolute atomic E-state index is 12.6. The van der Waals surface area contributed by atoms with Crippen LogP contribution in [-0.4, -0.2) is 37.9 Å². The molecule has 0 aromatic carbocycles. The third-order valence-corrected chi connectivity index (χ3v) is 11.5. The van der Waals surface area contributed by atoms with Crippen molar-refractivity contribution < 1.29 is 23.8 Å². The minimum absolute atomic E-state index is 0.126. The maximum atomic E-state index is 12.6. The average Bonchev–Trinajstić information content (AvgIpc) is 3.30. The van der Waals surface area contributed by atoms with Gasteiger partial charge in [0.2, 0.25) is 0 Å². The van der Waals surface area contributed by atoms with Crippen molar-refractivity contribution in [3.63, 3.8) is 0 Å². The zero-order valence-corrected chi connectivity index (χ0v) is 42.3. The van der Waals surface area contributed by atoms with Crippen LogP contribution in [0.3, 0.4) is 0 Å². The number of unbranched alkanes of at least 4 members (excludes halogenated alkanes) is 24. The molecule has 1 atom stereocenters. The normalized spacial score (nSPS) is 12.9. The van der Waals surface area contributed by atoms with Crippen LogP contribution in [0.1, 0.15) is 252 Å². The molecule has 0 unspecified atom stereocenters. The zero-order valence-electron chi connectivity index (χ0n) is 42.3. The lowest BCUT2D eigenvalue weighted by atomic mass is 10.0. The summed E-state index contributed by atoms with van der Waals surface area (Å²) in [6.45, 7) is 7.53. The molecule has 0 amide bonds. The van der Waals surface area contributed by atoms with Gasteiger partial charge in [-0.3, -0.25) is 9.59 Å². The molecule has 0 saturated carbocycles. The van der Waals surface area contributed by atoms with Gasteiger partial charge in [0.1, 0.15) is 19.3 Å². The molecule has 0 saturated heterocycles. The molecular formula is C59H102O5. The molecular weight excluding hydrogens is 789 g/mol. The lowest BCUT2D eigenvalue weighted by molar-refractivity contribution is -0.155. The van der Waals surface area contributed by atoms with Crippen molar-refractivity contribution in [2.75, 3.05) is 19.8 Å². The molecule has 5 heteroatoms. The molecule has 0 aromatic heterocycles. The first-order chi connectivity index (χ1) is 31.6. The molecule has 0 heterocycles. The molecule has 0 radical (unpaired) electrons. The summed E-state index contributed by atoms with van der Waals surface area (Å²) >= 11 is 0. The largest absolute Gasteiger partial charge is 0.463 e. The van der Waals surface area contributed by atoms with Crippen molar-refractivity contribution in [3.05, 3.63) is 85.1 Å². The van der Waals surface area contributed by atoms with Crippen LogP contribution in [0, 0.1) is 0 Å². The Balaban J connectivity index is 4.36. The Morgan fingerprint density at radius 1 is 0.344 bits per heavy atom. The molecule has 5 nitrogen and oxygen atoms in total. The molecule has 0 rings (SSSR count). The first kappa shape index (κ1) is 61.1. The minimum Gasteiger partial charge on any atom is -0.463 e. The van der Waals surface area contributed by atoms with E-state index in [-0.39, 0.29) is 25.2 Å². The highest BCUT2D eigenvalue weighted by molar-refractivity contribution is 5.69. The van der Waals surface area contributed by atoms with E-state index in [1.807, 2.05) is 0 Å². The fourth-order valence-corrected chi connectivity index (χ4v) is 7.36. The second-order valence-electron chi connectivity index (χ2n) is 17.7. The van der Waals surface area contributed by atoms with Gasteiger partial charge < -0.3 is 14.2 Å². The first-order valence-electron chi connectivity index (χ1n) is 27.1. The Morgan fingerprint density at radius 3 is 1.06 bits per heavy atom. The molecule has 64 heavy (non-hydrogen) atoms. The van der Waals surface area contributed by atoms with E-state index in [1.54, 1.807) is 0 Å². The summed E-state index contributed by atoms with van der Waals surface area (Å²) in [6.07, 6.45) is 71.9. The van der Waals surface area contributed by atoms with Gasteiger partial charge >= 0.3 is 11.9 Å². The monoisotopic (exact) mass is 891 g/mol. The summed E-state index contributed by atoms with van der Waals surface area (Å²) in [5.74, 6) is -0.402. The van der Waals surface area contributed by atoms with E-state index in [2.05, 4.69) is 106 Å². The van der Waals surface area contributed by atoms with E-state index >= 15 is 0 Å². The number of ether oxygens (including phenoxy) is 3. The van der Waals surface area contributed by atoms with Gasteiger partial charge in [-0.05, 0) is 96.3 Å². The topological polar surface area (TPSA) is 61.8 Å². The van der Waals surface area contributed by atoms with Gasteiger partial charge in [0.05, 0.1) is 0 Å². The highest BCUT2D eigenvalue weighted by atomic mass is 16.6. The number of carbonyl (C=O) groups is 2. The number of hydrogen-bond donors (Lipinski definition) is 0. The minimum atomic E-state index is -0.428. The molecule has 0 bridgehead atoms. The van der Waals surface area contributed by atoms with Crippen molar-refractivity contribution in [1.29, 1.82) is 0 Å². The zero-order chi connectivity index (χ0) is 46.3. The summed E-state index contributed by atoms with van der Waals surface area (Å²) in [5.41, 5.74) is 0. The molecule has 0 aliphatic carbocycles. The van der Waals surface area contributed by atoms with Gasteiger partial charge in [-0.1, -0.05) is 228 Å². The molecule has 0 spiro atoms. The summed E-state index contributed by atoms with van der Waals surface area (Å²) in [6, 6.07) is 0. The summed E-state index contributed by atoms with van der Waals surface area (Å²) in [7, 11) is 0. The second kappa shape index (κ2) is 54.4. The Morgan fingerprint density at radius 2 is 0.641 bits per heavy atom. The quantitative estimate of drug-likeness (QED) is 0.0346. The van der Waals surface area contributed by atoms with E-state index in [4.69, 9.17) is 14.2 Å². The number of carbonyl (C=O) groups excluding carboxylic acids is 2. The van der Waals surface area contributed by atoms with E-state index in [9.17, 15) is 9.59 Å². The summed E-state index contributed by atoms with van der Waals surface area (Å²) < 4.78 is 17.4. The van der Waals surface area contributed by atoms with Crippen molar-refractivity contribution in [2.24, 2.45) is 0 Å². The lowest BCUT2D eigenvalue weighted by Crippen LogP contribution is -2.29. The molecule has 0 aliphatic heterocycles. The van der Waals surface area contributed by atoms with Crippen LogP contribution in [0.5, 0.6) is 0 Å². The Hall–Kier alpha value is -2.92. The van der Waals surface area contributed by atoms with Gasteiger partial charge in [-0.15, -0.1) is 0 Å². The fraction of sp³-hybridized carbons (Fsp3) is 0.729. The van der Waals surface area contributed by atoms with Crippen LogP contribution in [0.2, 0.25) is 0 Å². The predicted molar refractivity (Wildman–Crippen MR) is 279 cm³/mol. The van der Waals surface area contributed by atoms with Crippen LogP contribution in [-0.2, 0) is 23.8 Å². The van der Waals surface area contributed by atoms with Gasteiger partial charge in [-0.25, -0.2) is 0 Å². The lowest BCUT2D eigenvalue weighted by Gasteiger charge is -2.18. The summed E-state index contributed by atoms with van der Waals surface area (Å²) in [4.78, 5) is 25.2. The van der Waals surface area contributed by atoms with E-state index < -0.39 is 6.10 Å². The third kappa shape index (κ3) is 51.7. The standard InChI is InChI=1S/C59H102O5/c1-4-7-10-13-16-19-22-25-28-30-32-35-38-41-44-47-50-53-59(61)64-56-57(62-54-51-48-45-42-39-36-33-29-26-23-20-17-14-11-8-5-2)55-63-58(60)52-49-46-43-40-37-34-31-27-24-21-18-15-12-9-6-3/h9,12,16,18-19,21,25,27-28,31-32,35,37,40,57H,4-8,10-11,13-15,17,20,22-24,26,29-30,33-34,36,38-39,41-56H2,1-3H3/b12-9-,19-16-,21-18-,28-25-,31-27-,35-32-,40-37-/t57-/m1/s1. The van der Waals surface area contributed by atoms with Crippen molar-refractivity contribution in [3.8, 4) is 0 Å². The van der Waals surface area contributed by atoms with Crippen LogP contribution < -0.4 is 0 Å². The first-order valence-corrected chi connectivity index (χ1v) is 27.1. The Kier molecular flexibility index (Phi) is 51.9. The van der Waals surface area contributed by atoms with E-state index in [0.29, 0.717) is 19.4 Å². The van der Waals surface area contributed by atoms with Crippen LogP contribution in [0.15, 0.2) is 85.1 Å². The number of esters is 2. The third-order valence-electron chi connectivity index (χ3n) is 11.5. The highest BCUT2D eigenvalue weighted by Crippen LogP contribution is 2.15. The Labute approximate surface area is 397 Å². The maximum Gasteiger partial charge on any atom is 0.305 e. The summed E-state index contributed by atoms with van der Waals surface area (Å²) in [5, 5.41) is 0. The number of rotatable bonds is 49.